The average molecular weight is 216 g/mol. The highest BCUT2D eigenvalue weighted by Gasteiger charge is 2.48. The van der Waals surface area contributed by atoms with Crippen molar-refractivity contribution >= 4 is 5.78 Å². The summed E-state index contributed by atoms with van der Waals surface area (Å²) in [5.41, 5.74) is 2.48. The van der Waals surface area contributed by atoms with E-state index in [1.807, 2.05) is 12.1 Å². The van der Waals surface area contributed by atoms with Crippen LogP contribution in [0.4, 0.5) is 0 Å². The number of benzene rings is 1. The summed E-state index contributed by atoms with van der Waals surface area (Å²) in [7, 11) is 0. The summed E-state index contributed by atoms with van der Waals surface area (Å²) in [6.45, 7) is 4.89. The molecule has 16 heavy (non-hydrogen) atoms. The van der Waals surface area contributed by atoms with Gasteiger partial charge in [-0.1, -0.05) is 26.0 Å². The minimum atomic E-state index is -0.183. The van der Waals surface area contributed by atoms with Gasteiger partial charge in [-0.15, -0.1) is 0 Å². The Morgan fingerprint density at radius 1 is 1.38 bits per heavy atom. The molecule has 1 heterocycles. The van der Waals surface area contributed by atoms with Gasteiger partial charge in [0, 0.05) is 29.7 Å². The van der Waals surface area contributed by atoms with Gasteiger partial charge in [0.2, 0.25) is 0 Å². The summed E-state index contributed by atoms with van der Waals surface area (Å²) in [6, 6.07) is 6.23. The zero-order valence-corrected chi connectivity index (χ0v) is 9.75. The van der Waals surface area contributed by atoms with Gasteiger partial charge in [0.05, 0.1) is 6.61 Å². The van der Waals surface area contributed by atoms with Crippen LogP contribution in [0, 0.1) is 5.41 Å². The molecule has 0 aromatic heterocycles. The Balaban J connectivity index is 2.03. The van der Waals surface area contributed by atoms with E-state index in [1.54, 1.807) is 0 Å². The van der Waals surface area contributed by atoms with E-state index in [1.165, 1.54) is 11.1 Å². The highest BCUT2D eigenvalue weighted by atomic mass is 16.5. The van der Waals surface area contributed by atoms with E-state index >= 15 is 0 Å². The SMILES string of the molecule is CC1(C)C(=O)CC1c1cccc2c1CCO2. The number of hydrogen-bond acceptors (Lipinski definition) is 2. The van der Waals surface area contributed by atoms with Crippen LogP contribution in [0.25, 0.3) is 0 Å². The van der Waals surface area contributed by atoms with E-state index in [0.29, 0.717) is 18.1 Å². The van der Waals surface area contributed by atoms with Crippen LogP contribution in [0.15, 0.2) is 18.2 Å². The molecule has 2 aliphatic rings. The molecule has 1 atom stereocenters. The second kappa shape index (κ2) is 3.09. The van der Waals surface area contributed by atoms with Gasteiger partial charge in [-0.25, -0.2) is 0 Å². The standard InChI is InChI=1S/C14H16O2/c1-14(2)11(8-13(14)15)9-4-3-5-12-10(9)6-7-16-12/h3-5,11H,6-8H2,1-2H3. The smallest absolute Gasteiger partial charge is 0.139 e. The summed E-state index contributed by atoms with van der Waals surface area (Å²) < 4.78 is 5.57. The van der Waals surface area contributed by atoms with Gasteiger partial charge in [0.1, 0.15) is 11.5 Å². The molecule has 0 N–H and O–H groups in total. The van der Waals surface area contributed by atoms with Crippen molar-refractivity contribution in [3.8, 4) is 5.75 Å². The van der Waals surface area contributed by atoms with Crippen LogP contribution in [0.5, 0.6) is 5.75 Å². The van der Waals surface area contributed by atoms with Gasteiger partial charge in [-0.3, -0.25) is 4.79 Å². The number of rotatable bonds is 1. The third-order valence-corrected chi connectivity index (χ3v) is 4.13. The molecule has 2 heteroatoms. The van der Waals surface area contributed by atoms with Crippen molar-refractivity contribution in [2.45, 2.75) is 32.6 Å². The number of ether oxygens (including phenoxy) is 1. The Morgan fingerprint density at radius 2 is 2.19 bits per heavy atom. The fourth-order valence-corrected chi connectivity index (χ4v) is 2.84. The second-order valence-electron chi connectivity index (χ2n) is 5.32. The highest BCUT2D eigenvalue weighted by Crippen LogP contribution is 2.51. The molecule has 1 unspecified atom stereocenters. The fraction of sp³-hybridized carbons (Fsp3) is 0.500. The maximum Gasteiger partial charge on any atom is 0.139 e. The molecule has 1 fully saturated rings. The number of Topliss-reactive ketones (excluding diaryl/α,β-unsaturated/α-hetero) is 1. The Labute approximate surface area is 95.6 Å². The van der Waals surface area contributed by atoms with E-state index in [9.17, 15) is 4.79 Å². The molecule has 1 aromatic rings. The summed E-state index contributed by atoms with van der Waals surface area (Å²) >= 11 is 0. The van der Waals surface area contributed by atoms with Gasteiger partial charge in [0.15, 0.2) is 0 Å². The molecule has 0 radical (unpaired) electrons. The van der Waals surface area contributed by atoms with E-state index in [-0.39, 0.29) is 5.41 Å². The van der Waals surface area contributed by atoms with Gasteiger partial charge in [-0.2, -0.15) is 0 Å². The van der Waals surface area contributed by atoms with Crippen molar-refractivity contribution in [1.29, 1.82) is 0 Å². The van der Waals surface area contributed by atoms with Crippen LogP contribution in [-0.2, 0) is 11.2 Å². The molecule has 1 aliphatic carbocycles. The Morgan fingerprint density at radius 3 is 2.88 bits per heavy atom. The summed E-state index contributed by atoms with van der Waals surface area (Å²) in [6.07, 6.45) is 1.69. The quantitative estimate of drug-likeness (QED) is 0.721. The number of carbonyl (C=O) groups is 1. The Hall–Kier alpha value is -1.31. The molecule has 1 aliphatic heterocycles. The minimum Gasteiger partial charge on any atom is -0.493 e. The lowest BCUT2D eigenvalue weighted by Gasteiger charge is -2.43. The van der Waals surface area contributed by atoms with E-state index in [2.05, 4.69) is 19.9 Å². The first kappa shape index (κ1) is 9.88. The normalized spacial score (nSPS) is 25.9. The molecule has 0 bridgehead atoms. The predicted octanol–water partition coefficient (Wildman–Crippen LogP) is 2.70. The van der Waals surface area contributed by atoms with E-state index < -0.39 is 0 Å². The van der Waals surface area contributed by atoms with Gasteiger partial charge >= 0.3 is 0 Å². The summed E-state index contributed by atoms with van der Waals surface area (Å²) in [5.74, 6) is 1.79. The van der Waals surface area contributed by atoms with Gasteiger partial charge in [-0.05, 0) is 11.6 Å². The van der Waals surface area contributed by atoms with Crippen molar-refractivity contribution in [2.75, 3.05) is 6.61 Å². The zero-order chi connectivity index (χ0) is 11.3. The molecular formula is C14H16O2. The van der Waals surface area contributed by atoms with Gasteiger partial charge in [0.25, 0.3) is 0 Å². The van der Waals surface area contributed by atoms with Crippen molar-refractivity contribution in [3.63, 3.8) is 0 Å². The minimum absolute atomic E-state index is 0.183. The topological polar surface area (TPSA) is 26.3 Å². The van der Waals surface area contributed by atoms with Crippen LogP contribution in [-0.4, -0.2) is 12.4 Å². The van der Waals surface area contributed by atoms with Crippen LogP contribution in [0.1, 0.15) is 37.3 Å². The third-order valence-electron chi connectivity index (χ3n) is 4.13. The maximum atomic E-state index is 11.6. The van der Waals surface area contributed by atoms with Crippen molar-refractivity contribution in [1.82, 2.24) is 0 Å². The van der Waals surface area contributed by atoms with E-state index in [0.717, 1.165) is 18.8 Å². The Kier molecular flexibility index (Phi) is 1.91. The molecule has 2 nitrogen and oxygen atoms in total. The largest absolute Gasteiger partial charge is 0.493 e. The lowest BCUT2D eigenvalue weighted by molar-refractivity contribution is -0.137. The number of fused-ring (bicyclic) bond motifs is 1. The second-order valence-corrected chi connectivity index (χ2v) is 5.32. The fourth-order valence-electron chi connectivity index (χ4n) is 2.84. The van der Waals surface area contributed by atoms with Crippen molar-refractivity contribution in [3.05, 3.63) is 29.3 Å². The van der Waals surface area contributed by atoms with Crippen molar-refractivity contribution < 1.29 is 9.53 Å². The molecule has 0 amide bonds. The summed E-state index contributed by atoms with van der Waals surface area (Å²) in [5, 5.41) is 0. The predicted molar refractivity (Wildman–Crippen MR) is 61.8 cm³/mol. The molecule has 3 rings (SSSR count). The number of carbonyl (C=O) groups excluding carboxylic acids is 1. The van der Waals surface area contributed by atoms with Gasteiger partial charge < -0.3 is 4.74 Å². The average Bonchev–Trinajstić information content (AvgIpc) is 2.73. The molecule has 0 saturated heterocycles. The zero-order valence-electron chi connectivity index (χ0n) is 9.75. The number of hydrogen-bond donors (Lipinski definition) is 0. The van der Waals surface area contributed by atoms with Crippen LogP contribution in [0.2, 0.25) is 0 Å². The van der Waals surface area contributed by atoms with E-state index in [4.69, 9.17) is 4.74 Å². The van der Waals surface area contributed by atoms with Crippen LogP contribution in [0.3, 0.4) is 0 Å². The molecule has 0 spiro atoms. The molecule has 84 valence electrons. The maximum absolute atomic E-state index is 11.6. The third kappa shape index (κ3) is 1.16. The first-order valence-corrected chi connectivity index (χ1v) is 5.88. The van der Waals surface area contributed by atoms with Crippen molar-refractivity contribution in [2.24, 2.45) is 5.41 Å². The molecule has 1 saturated carbocycles. The Bertz CT molecular complexity index is 460. The molecule has 1 aromatic carbocycles. The first-order valence-electron chi connectivity index (χ1n) is 5.88. The lowest BCUT2D eigenvalue weighted by Crippen LogP contribution is -2.43. The molecular weight excluding hydrogens is 200 g/mol. The first-order chi connectivity index (χ1) is 7.60. The number of ketones is 1. The monoisotopic (exact) mass is 216 g/mol. The highest BCUT2D eigenvalue weighted by molar-refractivity contribution is 5.92. The summed E-state index contributed by atoms with van der Waals surface area (Å²) in [4.78, 5) is 11.6. The van der Waals surface area contributed by atoms with Crippen LogP contribution < -0.4 is 4.74 Å². The van der Waals surface area contributed by atoms with Crippen LogP contribution >= 0.6 is 0 Å². The lowest BCUT2D eigenvalue weighted by atomic mass is 9.58.